The van der Waals surface area contributed by atoms with E-state index in [4.69, 9.17) is 0 Å². The first-order chi connectivity index (χ1) is 8.36. The van der Waals surface area contributed by atoms with Gasteiger partial charge in [-0.2, -0.15) is 5.10 Å². The van der Waals surface area contributed by atoms with E-state index >= 15 is 0 Å². The maximum absolute atomic E-state index is 4.58. The number of hydrogen-bond acceptors (Lipinski definition) is 1. The zero-order chi connectivity index (χ0) is 12.1. The molecule has 0 N–H and O–H groups in total. The summed E-state index contributed by atoms with van der Waals surface area (Å²) in [5, 5.41) is 5.84. The molecule has 0 fully saturated rings. The van der Waals surface area contributed by atoms with Crippen molar-refractivity contribution in [2.45, 2.75) is 52.0 Å². The number of para-hydroxylation sites is 1. The van der Waals surface area contributed by atoms with Crippen LogP contribution < -0.4 is 0 Å². The molecule has 2 heteroatoms. The number of aromatic nitrogens is 2. The second kappa shape index (κ2) is 5.85. The van der Waals surface area contributed by atoms with Crippen molar-refractivity contribution >= 4 is 10.9 Å². The summed E-state index contributed by atoms with van der Waals surface area (Å²) in [6, 6.07) is 9.07. The molecule has 1 aromatic heterocycles. The van der Waals surface area contributed by atoms with Crippen LogP contribution in [0.3, 0.4) is 0 Å². The van der Waals surface area contributed by atoms with E-state index in [1.54, 1.807) is 0 Å². The molecule has 17 heavy (non-hydrogen) atoms. The van der Waals surface area contributed by atoms with Crippen LogP contribution in [0.4, 0.5) is 0 Å². The number of rotatable bonds is 6. The lowest BCUT2D eigenvalue weighted by molar-refractivity contribution is 0.394. The largest absolute Gasteiger partial charge is 0.262 e. The van der Waals surface area contributed by atoms with Gasteiger partial charge in [-0.1, -0.05) is 51.3 Å². The molecule has 2 nitrogen and oxygen atoms in total. The number of benzene rings is 1. The van der Waals surface area contributed by atoms with E-state index in [9.17, 15) is 0 Å². The van der Waals surface area contributed by atoms with Crippen LogP contribution >= 0.6 is 0 Å². The van der Waals surface area contributed by atoms with Crippen molar-refractivity contribution in [3.8, 4) is 0 Å². The van der Waals surface area contributed by atoms with Crippen LogP contribution in [0.5, 0.6) is 0 Å². The first kappa shape index (κ1) is 12.2. The SMILES string of the molecule is CCCCC(CCC)n1ncc2ccccc21. The van der Waals surface area contributed by atoms with Crippen LogP contribution in [-0.4, -0.2) is 9.78 Å². The van der Waals surface area contributed by atoms with Gasteiger partial charge in [-0.25, -0.2) is 0 Å². The van der Waals surface area contributed by atoms with Gasteiger partial charge in [0.2, 0.25) is 0 Å². The molecule has 0 amide bonds. The Bertz CT molecular complexity index is 459. The lowest BCUT2D eigenvalue weighted by Crippen LogP contribution is -2.10. The zero-order valence-corrected chi connectivity index (χ0v) is 10.9. The Morgan fingerprint density at radius 2 is 1.94 bits per heavy atom. The van der Waals surface area contributed by atoms with Crippen molar-refractivity contribution < 1.29 is 0 Å². The summed E-state index contributed by atoms with van der Waals surface area (Å²) in [5.74, 6) is 0. The van der Waals surface area contributed by atoms with Crippen molar-refractivity contribution in [1.82, 2.24) is 9.78 Å². The Hall–Kier alpha value is -1.31. The van der Waals surface area contributed by atoms with Gasteiger partial charge >= 0.3 is 0 Å². The highest BCUT2D eigenvalue weighted by Gasteiger charge is 2.12. The van der Waals surface area contributed by atoms with Gasteiger partial charge in [0.1, 0.15) is 0 Å². The number of fused-ring (bicyclic) bond motifs is 1. The third kappa shape index (κ3) is 2.68. The molecule has 0 saturated heterocycles. The van der Waals surface area contributed by atoms with Crippen LogP contribution in [-0.2, 0) is 0 Å². The van der Waals surface area contributed by atoms with E-state index in [0.717, 1.165) is 0 Å². The predicted octanol–water partition coefficient (Wildman–Crippen LogP) is 4.57. The highest BCUT2D eigenvalue weighted by atomic mass is 15.3. The molecule has 92 valence electrons. The highest BCUT2D eigenvalue weighted by Crippen LogP contribution is 2.25. The van der Waals surface area contributed by atoms with Gasteiger partial charge in [0, 0.05) is 5.39 Å². The van der Waals surface area contributed by atoms with Crippen LogP contribution in [0, 0.1) is 0 Å². The normalized spacial score (nSPS) is 13.1. The van der Waals surface area contributed by atoms with E-state index in [1.165, 1.54) is 43.0 Å². The summed E-state index contributed by atoms with van der Waals surface area (Å²) < 4.78 is 2.23. The third-order valence-corrected chi connectivity index (χ3v) is 3.36. The monoisotopic (exact) mass is 230 g/mol. The van der Waals surface area contributed by atoms with E-state index in [-0.39, 0.29) is 0 Å². The van der Waals surface area contributed by atoms with Crippen molar-refractivity contribution in [2.75, 3.05) is 0 Å². The Kier molecular flexibility index (Phi) is 4.18. The average Bonchev–Trinajstić information content (AvgIpc) is 2.78. The molecule has 0 radical (unpaired) electrons. The molecule has 0 aliphatic rings. The quantitative estimate of drug-likeness (QED) is 0.711. The summed E-state index contributed by atoms with van der Waals surface area (Å²) in [5.41, 5.74) is 1.28. The Balaban J connectivity index is 2.27. The fourth-order valence-corrected chi connectivity index (χ4v) is 2.44. The predicted molar refractivity (Wildman–Crippen MR) is 73.2 cm³/mol. The van der Waals surface area contributed by atoms with Gasteiger partial charge in [-0.05, 0) is 18.9 Å². The van der Waals surface area contributed by atoms with Crippen molar-refractivity contribution in [2.24, 2.45) is 0 Å². The number of unbranched alkanes of at least 4 members (excludes halogenated alkanes) is 1. The minimum atomic E-state index is 0.569. The van der Waals surface area contributed by atoms with Crippen LogP contribution in [0.25, 0.3) is 10.9 Å². The van der Waals surface area contributed by atoms with Crippen LogP contribution in [0.2, 0.25) is 0 Å². The van der Waals surface area contributed by atoms with Gasteiger partial charge in [0.25, 0.3) is 0 Å². The zero-order valence-electron chi connectivity index (χ0n) is 10.9. The minimum absolute atomic E-state index is 0.569. The molecule has 0 aliphatic carbocycles. The summed E-state index contributed by atoms with van der Waals surface area (Å²) in [4.78, 5) is 0. The molecule has 0 spiro atoms. The van der Waals surface area contributed by atoms with Crippen LogP contribution in [0.15, 0.2) is 30.5 Å². The second-order valence-corrected chi connectivity index (χ2v) is 4.73. The topological polar surface area (TPSA) is 17.8 Å². The Morgan fingerprint density at radius 1 is 1.12 bits per heavy atom. The Morgan fingerprint density at radius 3 is 2.71 bits per heavy atom. The number of nitrogens with zero attached hydrogens (tertiary/aromatic N) is 2. The van der Waals surface area contributed by atoms with E-state index in [0.29, 0.717) is 6.04 Å². The van der Waals surface area contributed by atoms with Gasteiger partial charge in [0.15, 0.2) is 0 Å². The van der Waals surface area contributed by atoms with Crippen molar-refractivity contribution in [3.05, 3.63) is 30.5 Å². The standard InChI is InChI=1S/C15H22N2/c1-3-5-10-14(8-4-2)17-15-11-7-6-9-13(15)12-16-17/h6-7,9,11-12,14H,3-5,8,10H2,1-2H3. The van der Waals surface area contributed by atoms with Crippen molar-refractivity contribution in [1.29, 1.82) is 0 Å². The first-order valence-electron chi connectivity index (χ1n) is 6.79. The molecule has 0 bridgehead atoms. The maximum atomic E-state index is 4.58. The van der Waals surface area contributed by atoms with Crippen LogP contribution in [0.1, 0.15) is 52.0 Å². The number of hydrogen-bond donors (Lipinski definition) is 0. The van der Waals surface area contributed by atoms with E-state index in [1.807, 2.05) is 6.20 Å². The van der Waals surface area contributed by atoms with E-state index in [2.05, 4.69) is 47.9 Å². The fraction of sp³-hybridized carbons (Fsp3) is 0.533. The summed E-state index contributed by atoms with van der Waals surface area (Å²) in [6.07, 6.45) is 8.24. The molecule has 1 heterocycles. The molecule has 1 atom stereocenters. The molecule has 0 aliphatic heterocycles. The maximum Gasteiger partial charge on any atom is 0.0685 e. The first-order valence-corrected chi connectivity index (χ1v) is 6.79. The Labute approximate surface area is 104 Å². The molecule has 2 rings (SSSR count). The summed E-state index contributed by atoms with van der Waals surface area (Å²) in [6.45, 7) is 4.51. The molecule has 0 saturated carbocycles. The van der Waals surface area contributed by atoms with Gasteiger partial charge in [0.05, 0.1) is 17.8 Å². The molecular weight excluding hydrogens is 208 g/mol. The lowest BCUT2D eigenvalue weighted by Gasteiger charge is -2.17. The summed E-state index contributed by atoms with van der Waals surface area (Å²) in [7, 11) is 0. The van der Waals surface area contributed by atoms with Gasteiger partial charge < -0.3 is 0 Å². The molecule has 2 aromatic rings. The summed E-state index contributed by atoms with van der Waals surface area (Å²) >= 11 is 0. The molecule has 1 unspecified atom stereocenters. The second-order valence-electron chi connectivity index (χ2n) is 4.73. The highest BCUT2D eigenvalue weighted by molar-refractivity contribution is 5.78. The minimum Gasteiger partial charge on any atom is -0.262 e. The van der Waals surface area contributed by atoms with E-state index < -0.39 is 0 Å². The smallest absolute Gasteiger partial charge is 0.0685 e. The average molecular weight is 230 g/mol. The molecule has 1 aromatic carbocycles. The van der Waals surface area contributed by atoms with Gasteiger partial charge in [-0.15, -0.1) is 0 Å². The lowest BCUT2D eigenvalue weighted by atomic mass is 10.1. The van der Waals surface area contributed by atoms with Crippen molar-refractivity contribution in [3.63, 3.8) is 0 Å². The third-order valence-electron chi connectivity index (χ3n) is 3.36. The molecular formula is C15H22N2. The van der Waals surface area contributed by atoms with Gasteiger partial charge in [-0.3, -0.25) is 4.68 Å². The fourth-order valence-electron chi connectivity index (χ4n) is 2.44.